The Hall–Kier alpha value is -3.27. The summed E-state index contributed by atoms with van der Waals surface area (Å²) in [5.41, 5.74) is 4.69. The number of hydrogen-bond donors (Lipinski definition) is 0. The van der Waals surface area contributed by atoms with Crippen molar-refractivity contribution in [2.75, 3.05) is 7.11 Å². The second-order valence-electron chi connectivity index (χ2n) is 7.92. The molecule has 0 saturated heterocycles. The van der Waals surface area contributed by atoms with Gasteiger partial charge in [0.05, 0.1) is 7.11 Å². The van der Waals surface area contributed by atoms with E-state index in [-0.39, 0.29) is 32.7 Å². The topological polar surface area (TPSA) is 31.4 Å². The minimum Gasteiger partial charge on any atom is -0.497 e. The van der Waals surface area contributed by atoms with Gasteiger partial charge in [0.1, 0.15) is 11.5 Å². The van der Waals surface area contributed by atoms with Crippen molar-refractivity contribution >= 4 is 0 Å². The predicted molar refractivity (Wildman–Crippen MR) is 140 cm³/mol. The maximum absolute atomic E-state index is 5.83. The average Bonchev–Trinajstić information content (AvgIpc) is 2.93. The fourth-order valence-electron chi connectivity index (χ4n) is 3.45. The van der Waals surface area contributed by atoms with Crippen LogP contribution in [0.1, 0.15) is 22.4 Å². The number of hydrogen-bond acceptors (Lipinski definition) is 3. The molecule has 177 valence electrons. The fourth-order valence-corrected chi connectivity index (χ4v) is 3.45. The molecule has 4 heteroatoms. The van der Waals surface area contributed by atoms with E-state index in [4.69, 9.17) is 9.47 Å². The number of aromatic nitrogens is 1. The summed E-state index contributed by atoms with van der Waals surface area (Å²) < 4.78 is 11.0. The molecule has 4 aromatic carbocycles. The maximum Gasteiger partial charge on any atom is 0.124 e. The minimum absolute atomic E-state index is 0. The van der Waals surface area contributed by atoms with Crippen molar-refractivity contribution in [1.29, 1.82) is 0 Å². The zero-order valence-electron chi connectivity index (χ0n) is 20.3. The molecule has 3 nitrogen and oxygen atoms in total. The molecule has 1 heterocycles. The van der Waals surface area contributed by atoms with E-state index >= 15 is 0 Å². The van der Waals surface area contributed by atoms with Gasteiger partial charge in [0.15, 0.2) is 0 Å². The molecule has 36 heavy (non-hydrogen) atoms. The Labute approximate surface area is 239 Å². The first-order valence-corrected chi connectivity index (χ1v) is 11.5. The molecular formula is C32H27NO2Y-2. The van der Waals surface area contributed by atoms with Gasteiger partial charge in [-0.2, -0.15) is 54.6 Å². The van der Waals surface area contributed by atoms with Gasteiger partial charge in [-0.25, -0.2) is 0 Å². The van der Waals surface area contributed by atoms with Crippen molar-refractivity contribution in [2.45, 2.75) is 12.8 Å². The Balaban J connectivity index is 0.000000453. The maximum atomic E-state index is 5.83. The average molecular weight is 546 g/mol. The van der Waals surface area contributed by atoms with Crippen LogP contribution in [-0.2, 0) is 45.6 Å². The molecule has 1 radical (unpaired) electrons. The van der Waals surface area contributed by atoms with Gasteiger partial charge in [-0.1, -0.05) is 30.3 Å². The van der Waals surface area contributed by atoms with Crippen LogP contribution >= 0.6 is 0 Å². The Bertz CT molecular complexity index is 1230. The van der Waals surface area contributed by atoms with Crippen molar-refractivity contribution in [1.82, 2.24) is 4.98 Å². The first-order chi connectivity index (χ1) is 17.3. The van der Waals surface area contributed by atoms with Crippen LogP contribution in [0.4, 0.5) is 0 Å². The first kappa shape index (κ1) is 27.3. The Kier molecular flexibility index (Phi) is 11.4. The van der Waals surface area contributed by atoms with Crippen LogP contribution in [0.15, 0.2) is 121 Å². The predicted octanol–water partition coefficient (Wildman–Crippen LogP) is 7.35. The SMILES string of the molecule is COc1ccc(Cc2ccc(Cc3ccc(Oc4cc[c-]cc4)cc3)nc2)cc1.[Y].[c-]1ccccc1. The summed E-state index contributed by atoms with van der Waals surface area (Å²) in [6, 6.07) is 43.5. The van der Waals surface area contributed by atoms with E-state index in [2.05, 4.69) is 53.5 Å². The van der Waals surface area contributed by atoms with Gasteiger partial charge in [-0.3, -0.25) is 4.98 Å². The van der Waals surface area contributed by atoms with Crippen LogP contribution < -0.4 is 9.47 Å². The summed E-state index contributed by atoms with van der Waals surface area (Å²) in [6.45, 7) is 0. The monoisotopic (exact) mass is 546 g/mol. The third-order valence-corrected chi connectivity index (χ3v) is 5.29. The van der Waals surface area contributed by atoms with Gasteiger partial charge in [0.25, 0.3) is 0 Å². The second-order valence-corrected chi connectivity index (χ2v) is 7.92. The Morgan fingerprint density at radius 1 is 0.583 bits per heavy atom. The summed E-state index contributed by atoms with van der Waals surface area (Å²) in [7, 11) is 1.68. The Morgan fingerprint density at radius 2 is 1.14 bits per heavy atom. The zero-order valence-corrected chi connectivity index (χ0v) is 23.1. The Morgan fingerprint density at radius 3 is 1.67 bits per heavy atom. The summed E-state index contributed by atoms with van der Waals surface area (Å²) >= 11 is 0. The summed E-state index contributed by atoms with van der Waals surface area (Å²) in [5.74, 6) is 2.51. The standard InChI is InChI=1S/C26H22NO2.C6H5.Y/c1-28-24-13-8-20(9-14-24)17-22-7-12-23(27-19-22)18-21-10-15-26(16-11-21)29-25-5-3-2-4-6-25;1-2-4-6-5-3-1;/h3-16,19H,17-18H2,1H3;1-5H;/q2*-1;. The molecule has 0 unspecified atom stereocenters. The summed E-state index contributed by atoms with van der Waals surface area (Å²) in [6.07, 6.45) is 3.62. The van der Waals surface area contributed by atoms with Crippen molar-refractivity contribution < 1.29 is 42.2 Å². The molecule has 0 fully saturated rings. The van der Waals surface area contributed by atoms with Crippen LogP contribution in [0.5, 0.6) is 17.2 Å². The first-order valence-electron chi connectivity index (χ1n) is 11.5. The minimum atomic E-state index is 0. The molecule has 0 aliphatic rings. The van der Waals surface area contributed by atoms with Crippen LogP contribution in [0.3, 0.4) is 0 Å². The van der Waals surface area contributed by atoms with Gasteiger partial charge >= 0.3 is 0 Å². The summed E-state index contributed by atoms with van der Waals surface area (Å²) in [4.78, 5) is 4.63. The molecule has 0 aliphatic carbocycles. The normalized spacial score (nSPS) is 9.81. The zero-order chi connectivity index (χ0) is 24.1. The number of nitrogens with zero attached hydrogens (tertiary/aromatic N) is 1. The molecule has 0 amide bonds. The van der Waals surface area contributed by atoms with Crippen molar-refractivity contribution in [3.05, 3.63) is 156 Å². The molecule has 0 aliphatic heterocycles. The molecule has 0 spiro atoms. The second kappa shape index (κ2) is 15.0. The van der Waals surface area contributed by atoms with E-state index in [9.17, 15) is 0 Å². The van der Waals surface area contributed by atoms with E-state index in [1.165, 1.54) is 16.7 Å². The van der Waals surface area contributed by atoms with E-state index in [0.29, 0.717) is 0 Å². The molecular weight excluding hydrogens is 519 g/mol. The third-order valence-electron chi connectivity index (χ3n) is 5.29. The molecule has 1 aromatic heterocycles. The molecule has 0 bridgehead atoms. The largest absolute Gasteiger partial charge is 0.497 e. The molecule has 5 aromatic rings. The van der Waals surface area contributed by atoms with Gasteiger partial charge in [0.2, 0.25) is 0 Å². The summed E-state index contributed by atoms with van der Waals surface area (Å²) in [5, 5.41) is 0. The van der Waals surface area contributed by atoms with Crippen LogP contribution in [0.25, 0.3) is 0 Å². The molecule has 0 saturated carbocycles. The van der Waals surface area contributed by atoms with Gasteiger partial charge < -0.3 is 9.47 Å². The third kappa shape index (κ3) is 9.07. The van der Waals surface area contributed by atoms with E-state index in [1.807, 2.05) is 85.1 Å². The van der Waals surface area contributed by atoms with Gasteiger partial charge in [-0.15, -0.1) is 12.1 Å². The van der Waals surface area contributed by atoms with Crippen molar-refractivity contribution in [2.24, 2.45) is 0 Å². The van der Waals surface area contributed by atoms with Crippen molar-refractivity contribution in [3.63, 3.8) is 0 Å². The smallest absolute Gasteiger partial charge is 0.124 e. The molecule has 5 rings (SSSR count). The quantitative estimate of drug-likeness (QED) is 0.200. The number of benzene rings is 4. The number of ether oxygens (including phenoxy) is 2. The van der Waals surface area contributed by atoms with E-state index in [1.54, 1.807) is 7.11 Å². The van der Waals surface area contributed by atoms with Gasteiger partial charge in [-0.05, 0) is 53.4 Å². The van der Waals surface area contributed by atoms with Crippen LogP contribution in [0, 0.1) is 12.1 Å². The van der Waals surface area contributed by atoms with E-state index < -0.39 is 0 Å². The van der Waals surface area contributed by atoms with E-state index in [0.717, 1.165) is 35.8 Å². The fraction of sp³-hybridized carbons (Fsp3) is 0.0938. The molecule has 0 atom stereocenters. The van der Waals surface area contributed by atoms with Crippen molar-refractivity contribution in [3.8, 4) is 17.2 Å². The number of rotatable bonds is 7. The number of methoxy groups -OCH3 is 1. The van der Waals surface area contributed by atoms with Crippen LogP contribution in [0.2, 0.25) is 0 Å². The number of pyridine rings is 1. The van der Waals surface area contributed by atoms with Crippen LogP contribution in [-0.4, -0.2) is 12.1 Å². The molecule has 0 N–H and O–H groups in total. The van der Waals surface area contributed by atoms with Gasteiger partial charge in [0, 0.05) is 56.8 Å².